The van der Waals surface area contributed by atoms with Crippen LogP contribution in [0.1, 0.15) is 107 Å². The fraction of sp³-hybridized carbons (Fsp3) is 0.938. The third-order valence-corrected chi connectivity index (χ3v) is 18.4. The molecule has 7 rings (SSSR count). The van der Waals surface area contributed by atoms with E-state index in [4.69, 9.17) is 28.4 Å². The monoisotopic (exact) mass is 961 g/mol. The average molecular weight is 961 g/mol. The van der Waals surface area contributed by atoms with E-state index in [-0.39, 0.29) is 46.7 Å². The van der Waals surface area contributed by atoms with Crippen LogP contribution in [0.3, 0.4) is 0 Å². The van der Waals surface area contributed by atoms with Gasteiger partial charge in [-0.05, 0) is 93.3 Å². The Morgan fingerprint density at radius 2 is 1.21 bits per heavy atom. The molecule has 4 aliphatic carbocycles. The minimum atomic E-state index is -1.84. The highest BCUT2D eigenvalue weighted by Gasteiger charge is 2.70. The van der Waals surface area contributed by atoms with Crippen molar-refractivity contribution < 1.29 is 94.5 Å². The molecule has 0 unspecified atom stereocenters. The van der Waals surface area contributed by atoms with E-state index in [1.165, 1.54) is 0 Å². The molecule has 7 aliphatic rings. The van der Waals surface area contributed by atoms with Crippen molar-refractivity contribution in [2.75, 3.05) is 19.8 Å². The molecule has 19 heteroatoms. The maximum atomic E-state index is 15.0. The SMILES string of the molecule is C[C@@H](CC[C@@H](O[C@H]1O[C@@H](CO)[C@H](O)[C@@H](O)[C@@H]1O[C@@H]1O[C@H](CO)[C@@H](O)[C@H](O)[C@@H]1O)C(C)(C)O)[C@@H]1CC[C@@]2(C)[C@@H]3CC=C4[C@H](CC[C@H](O[C@@H]5O[C@H](CO)[C@@H](O)[C@H](O)[C@@H]5O)C4(C)C)[C@]3(C)C(=O)C[C@]12C. The molecule has 3 aliphatic heterocycles. The number of allylic oxidation sites excluding steroid dienone is 1. The third-order valence-electron chi connectivity index (χ3n) is 18.4. The van der Waals surface area contributed by atoms with Crippen LogP contribution in [0.15, 0.2) is 11.6 Å². The van der Waals surface area contributed by atoms with Gasteiger partial charge in [0.05, 0.1) is 37.6 Å². The second-order valence-electron chi connectivity index (χ2n) is 22.8. The smallest absolute Gasteiger partial charge is 0.187 e. The second-order valence-corrected chi connectivity index (χ2v) is 22.8. The molecule has 19 nitrogen and oxygen atoms in total. The first-order valence-corrected chi connectivity index (χ1v) is 24.4. The summed E-state index contributed by atoms with van der Waals surface area (Å²) < 4.78 is 35.9. The standard InChI is InChI=1S/C48H80O19/c1-21(9-13-31(45(4,5)61)66-43-40(37(58)34(55)27(20-51)64-43)67-42-39(60)36(57)33(54)26(19-50)63-42)22-15-16-46(6)28-12-10-23-24(48(28,8)29(52)17-47(22,46)7)11-14-30(44(23,2)3)65-41-38(59)35(56)32(53)25(18-49)62-41/h10,21-22,24-28,30-43,49-51,53-61H,9,11-20H2,1-8H3/t21-,22-,24-,25+,26+,27-,28-,30-,31+,32+,33+,34-,35-,36-,37+,38-,39-,40-,41-,42-,43+,46-,47+,48-/m0/s1. The van der Waals surface area contributed by atoms with Crippen LogP contribution in [0.2, 0.25) is 0 Å². The number of Topliss-reactive ketones (excluding diaryl/α,β-unsaturated/α-hetero) is 1. The Bertz CT molecular complexity index is 1750. The van der Waals surface area contributed by atoms with Crippen LogP contribution in [0, 0.1) is 45.3 Å². The predicted octanol–water partition coefficient (Wildman–Crippen LogP) is -0.848. The number of carbonyl (C=O) groups excluding carboxylic acids is 1. The molecule has 0 spiro atoms. The van der Waals surface area contributed by atoms with Crippen molar-refractivity contribution in [2.24, 2.45) is 45.3 Å². The van der Waals surface area contributed by atoms with E-state index < -0.39 is 141 Å². The molecule has 12 N–H and O–H groups in total. The lowest BCUT2D eigenvalue weighted by Gasteiger charge is -2.65. The van der Waals surface area contributed by atoms with E-state index in [1.54, 1.807) is 13.8 Å². The number of aliphatic hydroxyl groups excluding tert-OH is 11. The Hall–Kier alpha value is -1.31. The van der Waals surface area contributed by atoms with E-state index in [9.17, 15) is 61.3 Å². The summed E-state index contributed by atoms with van der Waals surface area (Å²) in [5.74, 6) is 0.405. The molecule has 6 fully saturated rings. The van der Waals surface area contributed by atoms with Crippen molar-refractivity contribution in [3.63, 3.8) is 0 Å². The minimum Gasteiger partial charge on any atom is -0.394 e. The molecular formula is C48H80O19. The summed E-state index contributed by atoms with van der Waals surface area (Å²) in [6, 6.07) is 0. The molecule has 3 saturated carbocycles. The second kappa shape index (κ2) is 19.6. The van der Waals surface area contributed by atoms with Crippen molar-refractivity contribution in [3.8, 4) is 0 Å². The van der Waals surface area contributed by atoms with Gasteiger partial charge >= 0.3 is 0 Å². The topological polar surface area (TPSA) is 315 Å². The van der Waals surface area contributed by atoms with Crippen LogP contribution in [-0.2, 0) is 33.2 Å². The first kappa shape index (κ1) is 53.5. The average Bonchev–Trinajstić information content (AvgIpc) is 3.54. The number of ether oxygens (including phenoxy) is 6. The van der Waals surface area contributed by atoms with Crippen LogP contribution < -0.4 is 0 Å². The fourth-order valence-corrected chi connectivity index (χ4v) is 14.0. The lowest BCUT2D eigenvalue weighted by atomic mass is 9.38. The Labute approximate surface area is 393 Å². The van der Waals surface area contributed by atoms with Gasteiger partial charge in [-0.25, -0.2) is 0 Å². The van der Waals surface area contributed by atoms with Crippen LogP contribution in [0.25, 0.3) is 0 Å². The van der Waals surface area contributed by atoms with Crippen molar-refractivity contribution >= 4 is 5.78 Å². The summed E-state index contributed by atoms with van der Waals surface area (Å²) in [6.45, 7) is 14.2. The fourth-order valence-electron chi connectivity index (χ4n) is 14.0. The zero-order valence-electron chi connectivity index (χ0n) is 40.2. The Balaban J connectivity index is 1.06. The molecule has 3 saturated heterocycles. The highest BCUT2D eigenvalue weighted by molar-refractivity contribution is 5.88. The van der Waals surface area contributed by atoms with Gasteiger partial charge in [0.15, 0.2) is 18.9 Å². The maximum absolute atomic E-state index is 15.0. The summed E-state index contributed by atoms with van der Waals surface area (Å²) in [5.41, 5.74) is -2.17. The number of aliphatic hydroxyl groups is 12. The van der Waals surface area contributed by atoms with Crippen LogP contribution in [-0.4, -0.2) is 197 Å². The largest absolute Gasteiger partial charge is 0.394 e. The van der Waals surface area contributed by atoms with Gasteiger partial charge in [-0.2, -0.15) is 0 Å². The normalized spacial score (nSPS) is 49.9. The third kappa shape index (κ3) is 9.04. The van der Waals surface area contributed by atoms with Gasteiger partial charge in [0.25, 0.3) is 0 Å². The Kier molecular flexibility index (Phi) is 15.7. The molecule has 24 atom stereocenters. The molecule has 0 aromatic rings. The number of ketones is 1. The van der Waals surface area contributed by atoms with E-state index in [1.807, 2.05) is 0 Å². The van der Waals surface area contributed by atoms with Crippen molar-refractivity contribution in [1.82, 2.24) is 0 Å². The Morgan fingerprint density at radius 3 is 1.75 bits per heavy atom. The van der Waals surface area contributed by atoms with E-state index in [2.05, 4.69) is 47.6 Å². The zero-order chi connectivity index (χ0) is 49.5. The van der Waals surface area contributed by atoms with Gasteiger partial charge in [-0.3, -0.25) is 4.79 Å². The van der Waals surface area contributed by atoms with Crippen molar-refractivity contribution in [1.29, 1.82) is 0 Å². The number of rotatable bonds is 14. The lowest BCUT2D eigenvalue weighted by molar-refractivity contribution is -0.375. The molecule has 0 radical (unpaired) electrons. The van der Waals surface area contributed by atoms with Gasteiger partial charge in [0.1, 0.15) is 79.0 Å². The molecule has 67 heavy (non-hydrogen) atoms. The van der Waals surface area contributed by atoms with Gasteiger partial charge in [-0.1, -0.05) is 53.2 Å². The first-order chi connectivity index (χ1) is 31.2. The summed E-state index contributed by atoms with van der Waals surface area (Å²) in [4.78, 5) is 15.0. The zero-order valence-corrected chi connectivity index (χ0v) is 40.2. The predicted molar refractivity (Wildman–Crippen MR) is 234 cm³/mol. The van der Waals surface area contributed by atoms with Crippen molar-refractivity contribution in [3.05, 3.63) is 11.6 Å². The number of fused-ring (bicyclic) bond motifs is 5. The molecule has 0 aromatic heterocycles. The van der Waals surface area contributed by atoms with Crippen LogP contribution in [0.4, 0.5) is 0 Å². The summed E-state index contributed by atoms with van der Waals surface area (Å²) in [6.07, 6.45) is -17.4. The number of hydrogen-bond acceptors (Lipinski definition) is 19. The summed E-state index contributed by atoms with van der Waals surface area (Å²) >= 11 is 0. The minimum absolute atomic E-state index is 0.0482. The van der Waals surface area contributed by atoms with E-state index in [0.717, 1.165) is 18.4 Å². The van der Waals surface area contributed by atoms with Gasteiger partial charge in [0.2, 0.25) is 0 Å². The van der Waals surface area contributed by atoms with E-state index in [0.29, 0.717) is 32.1 Å². The first-order valence-electron chi connectivity index (χ1n) is 24.4. The number of carbonyl (C=O) groups is 1. The molecule has 386 valence electrons. The van der Waals surface area contributed by atoms with E-state index >= 15 is 4.79 Å². The van der Waals surface area contributed by atoms with Gasteiger partial charge < -0.3 is 89.7 Å². The quantitative estimate of drug-likeness (QED) is 0.0944. The maximum Gasteiger partial charge on any atom is 0.187 e. The molecule has 0 aromatic carbocycles. The molecular weight excluding hydrogens is 881 g/mol. The van der Waals surface area contributed by atoms with Gasteiger partial charge in [-0.15, -0.1) is 0 Å². The van der Waals surface area contributed by atoms with Crippen LogP contribution in [0.5, 0.6) is 0 Å². The summed E-state index contributed by atoms with van der Waals surface area (Å²) in [5, 5.41) is 126. The highest BCUT2D eigenvalue weighted by atomic mass is 16.8. The van der Waals surface area contributed by atoms with Gasteiger partial charge in [0, 0.05) is 17.3 Å². The molecule has 0 bridgehead atoms. The van der Waals surface area contributed by atoms with Crippen molar-refractivity contribution in [2.45, 2.75) is 217 Å². The molecule has 3 heterocycles. The Morgan fingerprint density at radius 1 is 0.687 bits per heavy atom. The molecule has 0 amide bonds. The van der Waals surface area contributed by atoms with Crippen LogP contribution >= 0.6 is 0 Å². The lowest BCUT2D eigenvalue weighted by Crippen LogP contribution is -2.65. The summed E-state index contributed by atoms with van der Waals surface area (Å²) in [7, 11) is 0. The highest BCUT2D eigenvalue weighted by Crippen LogP contribution is 2.74. The number of hydrogen-bond donors (Lipinski definition) is 12.